The Morgan fingerprint density at radius 1 is 0.917 bits per heavy atom. The van der Waals surface area contributed by atoms with Crippen molar-refractivity contribution in [2.24, 2.45) is 11.8 Å². The van der Waals surface area contributed by atoms with Gasteiger partial charge in [-0.05, 0) is 0 Å². The second-order valence-electron chi connectivity index (χ2n) is 4.91. The predicted molar refractivity (Wildman–Crippen MR) is 60.1 cm³/mol. The summed E-state index contributed by atoms with van der Waals surface area (Å²) >= 11 is -0.350. The molecule has 0 aromatic heterocycles. The van der Waals surface area contributed by atoms with E-state index in [0.29, 0.717) is 0 Å². The highest BCUT2D eigenvalue weighted by Crippen LogP contribution is 2.18. The van der Waals surface area contributed by atoms with Crippen LogP contribution in [0.5, 0.6) is 0 Å². The SMILES string of the molecule is CC[CH2][Al]([CH2]C(C)C)[CH2]C(C)C. The maximum Gasteiger partial charge on any atom is 0.262 e. The lowest BCUT2D eigenvalue weighted by molar-refractivity contribution is 0.685. The Balaban J connectivity index is 3.69. The zero-order chi connectivity index (χ0) is 9.56. The van der Waals surface area contributed by atoms with Gasteiger partial charge in [0.15, 0.2) is 0 Å². The van der Waals surface area contributed by atoms with Crippen LogP contribution in [0.25, 0.3) is 0 Å². The van der Waals surface area contributed by atoms with Crippen LogP contribution in [0.1, 0.15) is 41.0 Å². The molecule has 0 aromatic rings. The fourth-order valence-electron chi connectivity index (χ4n) is 2.07. The molecule has 0 unspecified atom stereocenters. The van der Waals surface area contributed by atoms with Crippen LogP contribution in [0, 0.1) is 11.8 Å². The molecule has 0 saturated carbocycles. The highest BCUT2D eigenvalue weighted by atomic mass is 27.2. The van der Waals surface area contributed by atoms with Gasteiger partial charge >= 0.3 is 0 Å². The highest BCUT2D eigenvalue weighted by Gasteiger charge is 2.18. The van der Waals surface area contributed by atoms with E-state index in [0.717, 1.165) is 11.8 Å². The van der Waals surface area contributed by atoms with Crippen molar-refractivity contribution in [3.8, 4) is 0 Å². The summed E-state index contributed by atoms with van der Waals surface area (Å²) in [7, 11) is 0. The average molecular weight is 184 g/mol. The Kier molecular flexibility index (Phi) is 7.30. The second kappa shape index (κ2) is 6.99. The van der Waals surface area contributed by atoms with Crippen molar-refractivity contribution in [3.05, 3.63) is 0 Å². The van der Waals surface area contributed by atoms with Gasteiger partial charge in [0.25, 0.3) is 14.1 Å². The minimum Gasteiger partial charge on any atom is -0.0941 e. The summed E-state index contributed by atoms with van der Waals surface area (Å²) < 4.78 is 0. The third-order valence-corrected chi connectivity index (χ3v) is 6.92. The number of hydrogen-bond acceptors (Lipinski definition) is 0. The van der Waals surface area contributed by atoms with E-state index in [-0.39, 0.29) is 14.1 Å². The standard InChI is InChI=1S/2C4H9.C3H7.Al/c2*1-4(2)3;1-3-2;/h2*4H,1H2,2-3H3;1,3H2,2H3;. The van der Waals surface area contributed by atoms with E-state index >= 15 is 0 Å². The van der Waals surface area contributed by atoms with E-state index < -0.39 is 0 Å². The smallest absolute Gasteiger partial charge is 0.0941 e. The molecule has 0 rings (SSSR count). The first-order chi connectivity index (χ1) is 5.56. The monoisotopic (exact) mass is 184 g/mol. The van der Waals surface area contributed by atoms with Crippen LogP contribution in [0.2, 0.25) is 15.8 Å². The fourth-order valence-corrected chi connectivity index (χ4v) is 6.22. The van der Waals surface area contributed by atoms with Gasteiger partial charge in [-0.2, -0.15) is 0 Å². The van der Waals surface area contributed by atoms with Crippen molar-refractivity contribution >= 4 is 14.1 Å². The van der Waals surface area contributed by atoms with Gasteiger partial charge < -0.3 is 0 Å². The summed E-state index contributed by atoms with van der Waals surface area (Å²) in [4.78, 5) is 0. The van der Waals surface area contributed by atoms with E-state index in [1.807, 2.05) is 0 Å². The van der Waals surface area contributed by atoms with Crippen LogP contribution in [-0.2, 0) is 0 Å². The summed E-state index contributed by atoms with van der Waals surface area (Å²) in [5, 5.41) is 4.69. The van der Waals surface area contributed by atoms with Crippen LogP contribution < -0.4 is 0 Å². The Morgan fingerprint density at radius 3 is 1.58 bits per heavy atom. The zero-order valence-corrected chi connectivity index (χ0v) is 10.7. The maximum absolute atomic E-state index is 2.37. The van der Waals surface area contributed by atoms with Gasteiger partial charge in [0.2, 0.25) is 0 Å². The molecule has 0 bridgehead atoms. The molecule has 0 saturated heterocycles. The molecule has 0 aliphatic carbocycles. The maximum atomic E-state index is 2.37. The molecular formula is C11H25Al. The zero-order valence-electron chi connectivity index (χ0n) is 9.56. The summed E-state index contributed by atoms with van der Waals surface area (Å²) in [5.74, 6) is 1.87. The van der Waals surface area contributed by atoms with Gasteiger partial charge in [-0.15, -0.1) is 0 Å². The van der Waals surface area contributed by atoms with Gasteiger partial charge in [0.1, 0.15) is 0 Å². The summed E-state index contributed by atoms with van der Waals surface area (Å²) in [6.45, 7) is 11.8. The average Bonchev–Trinajstić information content (AvgIpc) is 1.84. The van der Waals surface area contributed by atoms with Crippen LogP contribution >= 0.6 is 0 Å². The number of hydrogen-bond donors (Lipinski definition) is 0. The van der Waals surface area contributed by atoms with Crippen molar-refractivity contribution in [2.75, 3.05) is 0 Å². The molecule has 0 spiro atoms. The number of rotatable bonds is 6. The molecule has 0 radical (unpaired) electrons. The van der Waals surface area contributed by atoms with Crippen LogP contribution in [0.4, 0.5) is 0 Å². The molecule has 1 heteroatoms. The lowest BCUT2D eigenvalue weighted by atomic mass is 10.3. The molecule has 0 heterocycles. The molecule has 0 aliphatic rings. The molecule has 0 aliphatic heterocycles. The lowest BCUT2D eigenvalue weighted by Gasteiger charge is -2.15. The van der Waals surface area contributed by atoms with E-state index in [9.17, 15) is 0 Å². The molecule has 0 nitrogen and oxygen atoms in total. The Bertz CT molecular complexity index is 87.2. The molecule has 0 atom stereocenters. The van der Waals surface area contributed by atoms with Crippen molar-refractivity contribution < 1.29 is 0 Å². The van der Waals surface area contributed by atoms with E-state index in [2.05, 4.69) is 34.6 Å². The molecule has 72 valence electrons. The highest BCUT2D eigenvalue weighted by molar-refractivity contribution is 6.58. The molecule has 12 heavy (non-hydrogen) atoms. The minimum atomic E-state index is -0.350. The van der Waals surface area contributed by atoms with Crippen LogP contribution in [-0.4, -0.2) is 14.1 Å². The first kappa shape index (κ1) is 12.5. The first-order valence-electron chi connectivity index (χ1n) is 5.56. The van der Waals surface area contributed by atoms with Crippen LogP contribution in [0.15, 0.2) is 0 Å². The molecule has 0 aromatic carbocycles. The first-order valence-corrected chi connectivity index (χ1v) is 8.01. The van der Waals surface area contributed by atoms with E-state index in [1.54, 1.807) is 15.8 Å². The van der Waals surface area contributed by atoms with Gasteiger partial charge in [-0.25, -0.2) is 0 Å². The summed E-state index contributed by atoms with van der Waals surface area (Å²) in [6.07, 6.45) is 1.41. The minimum absolute atomic E-state index is 0.350. The second-order valence-corrected chi connectivity index (χ2v) is 8.17. The predicted octanol–water partition coefficient (Wildman–Crippen LogP) is 4.20. The molecule has 0 N–H and O–H groups in total. The Morgan fingerprint density at radius 2 is 1.33 bits per heavy atom. The van der Waals surface area contributed by atoms with Gasteiger partial charge in [0.05, 0.1) is 0 Å². The Labute approximate surface area is 83.1 Å². The lowest BCUT2D eigenvalue weighted by Crippen LogP contribution is -2.16. The third kappa shape index (κ3) is 7.20. The normalized spacial score (nSPS) is 11.2. The van der Waals surface area contributed by atoms with Crippen molar-refractivity contribution in [1.82, 2.24) is 0 Å². The van der Waals surface area contributed by atoms with Crippen molar-refractivity contribution in [3.63, 3.8) is 0 Å². The molecular weight excluding hydrogens is 159 g/mol. The van der Waals surface area contributed by atoms with Gasteiger partial charge in [-0.3, -0.25) is 0 Å². The Hall–Kier alpha value is 0.532. The summed E-state index contributed by atoms with van der Waals surface area (Å²) in [6, 6.07) is 0. The van der Waals surface area contributed by atoms with Crippen LogP contribution in [0.3, 0.4) is 0 Å². The largest absolute Gasteiger partial charge is 0.262 e. The van der Waals surface area contributed by atoms with E-state index in [4.69, 9.17) is 0 Å². The van der Waals surface area contributed by atoms with Crippen molar-refractivity contribution in [1.29, 1.82) is 0 Å². The molecule has 0 amide bonds. The summed E-state index contributed by atoms with van der Waals surface area (Å²) in [5.41, 5.74) is 0. The third-order valence-electron chi connectivity index (χ3n) is 2.31. The van der Waals surface area contributed by atoms with Crippen molar-refractivity contribution in [2.45, 2.75) is 56.9 Å². The fraction of sp³-hybridized carbons (Fsp3) is 1.00. The molecule has 0 fully saturated rings. The van der Waals surface area contributed by atoms with Gasteiger partial charge in [0, 0.05) is 0 Å². The quantitative estimate of drug-likeness (QED) is 0.543. The van der Waals surface area contributed by atoms with E-state index in [1.165, 1.54) is 6.42 Å². The topological polar surface area (TPSA) is 0 Å². The van der Waals surface area contributed by atoms with Gasteiger partial charge in [-0.1, -0.05) is 68.7 Å².